The van der Waals surface area contributed by atoms with Gasteiger partial charge in [-0.25, -0.2) is 4.90 Å². The Bertz CT molecular complexity index is 537. The molecular formula is C15H16N2O2. The maximum atomic E-state index is 12.1. The minimum absolute atomic E-state index is 0.149. The number of amides is 2. The zero-order chi connectivity index (χ0) is 13.7. The van der Waals surface area contributed by atoms with Gasteiger partial charge in [0.15, 0.2) is 0 Å². The van der Waals surface area contributed by atoms with Gasteiger partial charge in [-0.05, 0) is 25.0 Å². The van der Waals surface area contributed by atoms with Crippen molar-refractivity contribution in [2.24, 2.45) is 5.73 Å². The fourth-order valence-electron chi connectivity index (χ4n) is 2.10. The predicted molar refractivity (Wildman–Crippen MR) is 73.3 cm³/mol. The largest absolute Gasteiger partial charge is 0.320 e. The van der Waals surface area contributed by atoms with Crippen LogP contribution in [0.25, 0.3) is 0 Å². The van der Waals surface area contributed by atoms with Crippen LogP contribution < -0.4 is 10.6 Å². The number of hydrogen-bond donors (Lipinski definition) is 1. The van der Waals surface area contributed by atoms with Gasteiger partial charge < -0.3 is 5.73 Å². The molecule has 0 bridgehead atoms. The highest BCUT2D eigenvalue weighted by atomic mass is 16.2. The number of anilines is 1. The van der Waals surface area contributed by atoms with Crippen molar-refractivity contribution in [2.75, 3.05) is 11.4 Å². The highest BCUT2D eigenvalue weighted by Gasteiger charge is 2.26. The minimum atomic E-state index is -0.149. The molecule has 1 fully saturated rings. The number of carbonyl (C=O) groups excluding carboxylic acids is 2. The lowest BCUT2D eigenvalue weighted by molar-refractivity contribution is -0.125. The monoisotopic (exact) mass is 256 g/mol. The number of benzene rings is 1. The number of carbonyl (C=O) groups is 2. The lowest BCUT2D eigenvalue weighted by Crippen LogP contribution is -2.35. The van der Waals surface area contributed by atoms with E-state index in [0.717, 1.165) is 12.8 Å². The molecule has 4 heteroatoms. The molecule has 98 valence electrons. The quantitative estimate of drug-likeness (QED) is 0.610. The summed E-state index contributed by atoms with van der Waals surface area (Å²) < 4.78 is 0. The van der Waals surface area contributed by atoms with Gasteiger partial charge in [-0.15, -0.1) is 0 Å². The molecule has 0 aromatic heterocycles. The standard InChI is InChI=1S/C15H16N2O2/c16-11-5-7-12-6-1-2-8-13(12)17-14(18)9-3-4-10-15(17)19/h1-2,6,8H,3-4,9-11,16H2. The summed E-state index contributed by atoms with van der Waals surface area (Å²) in [5.41, 5.74) is 6.60. The van der Waals surface area contributed by atoms with E-state index in [2.05, 4.69) is 11.8 Å². The van der Waals surface area contributed by atoms with Crippen LogP contribution in [0.5, 0.6) is 0 Å². The molecule has 0 unspecified atom stereocenters. The van der Waals surface area contributed by atoms with Crippen LogP contribution in [0.3, 0.4) is 0 Å². The molecule has 19 heavy (non-hydrogen) atoms. The fraction of sp³-hybridized carbons (Fsp3) is 0.333. The Kier molecular flexibility index (Phi) is 4.32. The first-order valence-corrected chi connectivity index (χ1v) is 6.38. The fourth-order valence-corrected chi connectivity index (χ4v) is 2.10. The summed E-state index contributed by atoms with van der Waals surface area (Å²) in [5, 5.41) is 0. The Morgan fingerprint density at radius 3 is 2.37 bits per heavy atom. The van der Waals surface area contributed by atoms with Gasteiger partial charge in [-0.2, -0.15) is 0 Å². The Hall–Kier alpha value is -2.12. The third-order valence-electron chi connectivity index (χ3n) is 3.00. The molecule has 1 saturated heterocycles. The smallest absolute Gasteiger partial charge is 0.233 e. The van der Waals surface area contributed by atoms with E-state index < -0.39 is 0 Å². The molecule has 0 spiro atoms. The average Bonchev–Trinajstić information content (AvgIpc) is 2.58. The summed E-state index contributed by atoms with van der Waals surface area (Å²) >= 11 is 0. The number of para-hydroxylation sites is 1. The van der Waals surface area contributed by atoms with E-state index in [1.807, 2.05) is 6.07 Å². The van der Waals surface area contributed by atoms with Crippen molar-refractivity contribution in [2.45, 2.75) is 25.7 Å². The van der Waals surface area contributed by atoms with E-state index in [4.69, 9.17) is 5.73 Å². The van der Waals surface area contributed by atoms with Crippen LogP contribution in [0.4, 0.5) is 5.69 Å². The normalized spacial score (nSPS) is 15.7. The molecule has 2 amide bonds. The van der Waals surface area contributed by atoms with Crippen LogP contribution >= 0.6 is 0 Å². The molecule has 2 rings (SSSR count). The highest BCUT2D eigenvalue weighted by molar-refractivity contribution is 6.15. The summed E-state index contributed by atoms with van der Waals surface area (Å²) in [6, 6.07) is 7.18. The van der Waals surface area contributed by atoms with Gasteiger partial charge in [-0.3, -0.25) is 9.59 Å². The summed E-state index contributed by atoms with van der Waals surface area (Å²) in [7, 11) is 0. The Morgan fingerprint density at radius 2 is 1.74 bits per heavy atom. The molecule has 1 aliphatic rings. The molecule has 0 radical (unpaired) electrons. The van der Waals surface area contributed by atoms with Crippen molar-refractivity contribution in [3.63, 3.8) is 0 Å². The van der Waals surface area contributed by atoms with E-state index in [-0.39, 0.29) is 18.4 Å². The van der Waals surface area contributed by atoms with Gasteiger partial charge in [0.05, 0.1) is 12.2 Å². The van der Waals surface area contributed by atoms with E-state index in [1.54, 1.807) is 18.2 Å². The predicted octanol–water partition coefficient (Wildman–Crippen LogP) is 1.43. The van der Waals surface area contributed by atoms with Gasteiger partial charge in [0.1, 0.15) is 0 Å². The van der Waals surface area contributed by atoms with E-state index in [0.29, 0.717) is 24.1 Å². The van der Waals surface area contributed by atoms with E-state index in [9.17, 15) is 9.59 Å². The topological polar surface area (TPSA) is 63.4 Å². The molecule has 1 aromatic carbocycles. The molecule has 1 aliphatic heterocycles. The third-order valence-corrected chi connectivity index (χ3v) is 3.00. The maximum absolute atomic E-state index is 12.1. The SMILES string of the molecule is NCC#Cc1ccccc1N1C(=O)CCCCC1=O. The van der Waals surface area contributed by atoms with Crippen LogP contribution in [0.15, 0.2) is 24.3 Å². The second-order valence-corrected chi connectivity index (χ2v) is 4.35. The van der Waals surface area contributed by atoms with Crippen molar-refractivity contribution in [1.82, 2.24) is 0 Å². The third kappa shape index (κ3) is 3.01. The molecule has 4 nitrogen and oxygen atoms in total. The molecule has 1 heterocycles. The van der Waals surface area contributed by atoms with Crippen LogP contribution in [0, 0.1) is 11.8 Å². The van der Waals surface area contributed by atoms with Crippen molar-refractivity contribution in [3.8, 4) is 11.8 Å². The molecule has 0 saturated carbocycles. The van der Waals surface area contributed by atoms with Crippen molar-refractivity contribution in [1.29, 1.82) is 0 Å². The average molecular weight is 256 g/mol. The Balaban J connectivity index is 2.44. The minimum Gasteiger partial charge on any atom is -0.320 e. The lowest BCUT2D eigenvalue weighted by atomic mass is 10.1. The van der Waals surface area contributed by atoms with Gasteiger partial charge in [-0.1, -0.05) is 24.0 Å². The van der Waals surface area contributed by atoms with Gasteiger partial charge in [0.25, 0.3) is 0 Å². The number of nitrogens with zero attached hydrogens (tertiary/aromatic N) is 1. The first kappa shape index (κ1) is 13.3. The van der Waals surface area contributed by atoms with Crippen molar-refractivity contribution < 1.29 is 9.59 Å². The highest BCUT2D eigenvalue weighted by Crippen LogP contribution is 2.24. The maximum Gasteiger partial charge on any atom is 0.233 e. The molecular weight excluding hydrogens is 240 g/mol. The first-order chi connectivity index (χ1) is 9.24. The van der Waals surface area contributed by atoms with E-state index >= 15 is 0 Å². The van der Waals surface area contributed by atoms with Crippen LogP contribution in [0.1, 0.15) is 31.2 Å². The van der Waals surface area contributed by atoms with Crippen LogP contribution in [0.2, 0.25) is 0 Å². The summed E-state index contributed by atoms with van der Waals surface area (Å²) in [5.74, 6) is 5.37. The molecule has 1 aromatic rings. The Labute approximate surface area is 112 Å². The zero-order valence-corrected chi connectivity index (χ0v) is 10.7. The number of imide groups is 1. The molecule has 0 aliphatic carbocycles. The second kappa shape index (κ2) is 6.17. The zero-order valence-electron chi connectivity index (χ0n) is 10.7. The van der Waals surface area contributed by atoms with Gasteiger partial charge >= 0.3 is 0 Å². The van der Waals surface area contributed by atoms with E-state index in [1.165, 1.54) is 4.90 Å². The van der Waals surface area contributed by atoms with Crippen molar-refractivity contribution in [3.05, 3.63) is 29.8 Å². The van der Waals surface area contributed by atoms with Gasteiger partial charge in [0.2, 0.25) is 11.8 Å². The number of rotatable bonds is 1. The van der Waals surface area contributed by atoms with Crippen LogP contribution in [-0.2, 0) is 9.59 Å². The van der Waals surface area contributed by atoms with Crippen molar-refractivity contribution >= 4 is 17.5 Å². The Morgan fingerprint density at radius 1 is 1.11 bits per heavy atom. The first-order valence-electron chi connectivity index (χ1n) is 6.38. The molecule has 2 N–H and O–H groups in total. The number of hydrogen-bond acceptors (Lipinski definition) is 3. The second-order valence-electron chi connectivity index (χ2n) is 4.35. The van der Waals surface area contributed by atoms with Gasteiger partial charge in [0, 0.05) is 18.4 Å². The summed E-state index contributed by atoms with van der Waals surface area (Å²) in [6.07, 6.45) is 2.34. The molecule has 0 atom stereocenters. The number of nitrogens with two attached hydrogens (primary N) is 1. The van der Waals surface area contributed by atoms with Crippen LogP contribution in [-0.4, -0.2) is 18.4 Å². The summed E-state index contributed by atoms with van der Waals surface area (Å²) in [4.78, 5) is 25.4. The lowest BCUT2D eigenvalue weighted by Gasteiger charge is -2.20. The summed E-state index contributed by atoms with van der Waals surface area (Å²) in [6.45, 7) is 0.246.